The molecule has 0 fully saturated rings. The molecule has 1 N–H and O–H groups in total. The molecular formula is C22H44O5S. The van der Waals surface area contributed by atoms with Crippen molar-refractivity contribution in [2.45, 2.75) is 128 Å². The van der Waals surface area contributed by atoms with E-state index in [2.05, 4.69) is 13.8 Å². The summed E-state index contributed by atoms with van der Waals surface area (Å²) in [6.07, 6.45) is 17.9. The average molecular weight is 421 g/mol. The highest BCUT2D eigenvalue weighted by Gasteiger charge is 2.31. The molecule has 0 aromatic carbocycles. The van der Waals surface area contributed by atoms with Crippen molar-refractivity contribution >= 4 is 16.1 Å². The summed E-state index contributed by atoms with van der Waals surface area (Å²) in [6, 6.07) is 0. The fourth-order valence-corrected chi connectivity index (χ4v) is 4.13. The molecule has 0 heterocycles. The van der Waals surface area contributed by atoms with Gasteiger partial charge >= 0.3 is 5.97 Å². The minimum atomic E-state index is -4.40. The third-order valence-electron chi connectivity index (χ3n) is 5.18. The Balaban J connectivity index is 3.88. The van der Waals surface area contributed by atoms with Gasteiger partial charge in [-0.05, 0) is 12.8 Å². The lowest BCUT2D eigenvalue weighted by Crippen LogP contribution is -2.32. The highest BCUT2D eigenvalue weighted by molar-refractivity contribution is 7.87. The fourth-order valence-electron chi connectivity index (χ4n) is 3.35. The highest BCUT2D eigenvalue weighted by atomic mass is 32.2. The Morgan fingerprint density at radius 1 is 0.714 bits per heavy atom. The Morgan fingerprint density at radius 3 is 1.54 bits per heavy atom. The molecule has 0 rings (SSSR count). The van der Waals surface area contributed by atoms with Gasteiger partial charge in [0.15, 0.2) is 5.25 Å². The normalized spacial score (nSPS) is 12.8. The van der Waals surface area contributed by atoms with E-state index in [0.717, 1.165) is 38.5 Å². The molecule has 1 atom stereocenters. The summed E-state index contributed by atoms with van der Waals surface area (Å²) in [5, 5.41) is -1.43. The Labute approximate surface area is 173 Å². The van der Waals surface area contributed by atoms with E-state index < -0.39 is 21.3 Å². The number of rotatable bonds is 20. The molecule has 0 aromatic rings. The number of esters is 1. The van der Waals surface area contributed by atoms with Gasteiger partial charge in [-0.2, -0.15) is 8.42 Å². The molecule has 0 aliphatic heterocycles. The second-order valence-electron chi connectivity index (χ2n) is 7.91. The minimum absolute atomic E-state index is 0.144. The number of unbranched alkanes of at least 4 members (excludes halogenated alkanes) is 14. The highest BCUT2D eigenvalue weighted by Crippen LogP contribution is 2.16. The second kappa shape index (κ2) is 18.4. The molecule has 28 heavy (non-hydrogen) atoms. The summed E-state index contributed by atoms with van der Waals surface area (Å²) in [7, 11) is -4.40. The lowest BCUT2D eigenvalue weighted by atomic mass is 10.1. The van der Waals surface area contributed by atoms with Crippen LogP contribution in [0.15, 0.2) is 0 Å². The van der Waals surface area contributed by atoms with Crippen LogP contribution in [0.3, 0.4) is 0 Å². The van der Waals surface area contributed by atoms with Crippen LogP contribution >= 0.6 is 0 Å². The maximum Gasteiger partial charge on any atom is 0.326 e. The van der Waals surface area contributed by atoms with Crippen LogP contribution < -0.4 is 0 Å². The van der Waals surface area contributed by atoms with Gasteiger partial charge in [0.2, 0.25) is 0 Å². The van der Waals surface area contributed by atoms with E-state index in [0.29, 0.717) is 6.42 Å². The molecular weight excluding hydrogens is 376 g/mol. The SMILES string of the molecule is CCCCCCCCCCCCC(C(=O)OCCCCCCCC)S(=O)(=O)O. The zero-order valence-corrected chi connectivity index (χ0v) is 19.1. The number of ether oxygens (including phenoxy) is 1. The van der Waals surface area contributed by atoms with Crippen LogP contribution in [0, 0.1) is 0 Å². The van der Waals surface area contributed by atoms with Crippen LogP contribution in [0.2, 0.25) is 0 Å². The van der Waals surface area contributed by atoms with Crippen LogP contribution in [0.4, 0.5) is 0 Å². The minimum Gasteiger partial charge on any atom is -0.465 e. The van der Waals surface area contributed by atoms with Crippen molar-refractivity contribution in [2.75, 3.05) is 6.61 Å². The molecule has 0 bridgehead atoms. The van der Waals surface area contributed by atoms with Crippen LogP contribution in [-0.2, 0) is 19.6 Å². The van der Waals surface area contributed by atoms with Crippen molar-refractivity contribution in [1.29, 1.82) is 0 Å². The van der Waals surface area contributed by atoms with Crippen molar-refractivity contribution in [3.05, 3.63) is 0 Å². The van der Waals surface area contributed by atoms with Gasteiger partial charge in [0.25, 0.3) is 10.1 Å². The van der Waals surface area contributed by atoms with Gasteiger partial charge in [0.05, 0.1) is 6.61 Å². The quantitative estimate of drug-likeness (QED) is 0.139. The van der Waals surface area contributed by atoms with E-state index in [4.69, 9.17) is 4.74 Å². The van der Waals surface area contributed by atoms with E-state index in [1.165, 1.54) is 57.8 Å². The van der Waals surface area contributed by atoms with Crippen LogP contribution in [0.1, 0.15) is 123 Å². The summed E-state index contributed by atoms with van der Waals surface area (Å²) in [4.78, 5) is 12.1. The largest absolute Gasteiger partial charge is 0.465 e. The molecule has 168 valence electrons. The van der Waals surface area contributed by atoms with E-state index in [9.17, 15) is 17.8 Å². The Bertz CT molecular complexity index is 462. The molecule has 0 saturated heterocycles. The first-order chi connectivity index (χ1) is 13.4. The molecule has 0 radical (unpaired) electrons. The first-order valence-electron chi connectivity index (χ1n) is 11.6. The van der Waals surface area contributed by atoms with E-state index in [1.54, 1.807) is 0 Å². The lowest BCUT2D eigenvalue weighted by Gasteiger charge is -2.13. The number of carbonyl (C=O) groups is 1. The van der Waals surface area contributed by atoms with Crippen LogP contribution in [-0.4, -0.2) is 30.8 Å². The Hall–Kier alpha value is -0.620. The third-order valence-corrected chi connectivity index (χ3v) is 6.33. The molecule has 0 aliphatic carbocycles. The zero-order chi connectivity index (χ0) is 21.1. The van der Waals surface area contributed by atoms with Gasteiger partial charge in [-0.25, -0.2) is 0 Å². The molecule has 0 saturated carbocycles. The summed E-state index contributed by atoms with van der Waals surface area (Å²) >= 11 is 0. The summed E-state index contributed by atoms with van der Waals surface area (Å²) < 4.78 is 37.5. The van der Waals surface area contributed by atoms with Gasteiger partial charge in [0, 0.05) is 0 Å². The smallest absolute Gasteiger partial charge is 0.326 e. The monoisotopic (exact) mass is 420 g/mol. The second-order valence-corrected chi connectivity index (χ2v) is 9.51. The lowest BCUT2D eigenvalue weighted by molar-refractivity contribution is -0.143. The van der Waals surface area contributed by atoms with Crippen LogP contribution in [0.5, 0.6) is 0 Å². The molecule has 1 unspecified atom stereocenters. The predicted molar refractivity (Wildman–Crippen MR) is 116 cm³/mol. The van der Waals surface area contributed by atoms with Crippen molar-refractivity contribution < 1.29 is 22.5 Å². The van der Waals surface area contributed by atoms with Gasteiger partial charge in [-0.15, -0.1) is 0 Å². The van der Waals surface area contributed by atoms with Crippen molar-refractivity contribution in [3.63, 3.8) is 0 Å². The van der Waals surface area contributed by atoms with Crippen molar-refractivity contribution in [1.82, 2.24) is 0 Å². The Morgan fingerprint density at radius 2 is 1.11 bits per heavy atom. The summed E-state index contributed by atoms with van der Waals surface area (Å²) in [6.45, 7) is 4.60. The predicted octanol–water partition coefficient (Wildman–Crippen LogP) is 6.46. The average Bonchev–Trinajstić information content (AvgIpc) is 2.64. The van der Waals surface area contributed by atoms with Crippen molar-refractivity contribution in [3.8, 4) is 0 Å². The van der Waals surface area contributed by atoms with Gasteiger partial charge in [-0.3, -0.25) is 9.35 Å². The van der Waals surface area contributed by atoms with E-state index in [1.807, 2.05) is 0 Å². The molecule has 0 aromatic heterocycles. The standard InChI is InChI=1S/C22H44O5S/c1-3-5-7-9-11-12-13-14-15-17-19-21(28(24,25)26)22(23)27-20-18-16-10-8-6-4-2/h21H,3-20H2,1-2H3,(H,24,25,26). The molecule has 0 spiro atoms. The van der Waals surface area contributed by atoms with Gasteiger partial charge in [-0.1, -0.05) is 110 Å². The topological polar surface area (TPSA) is 80.7 Å². The molecule has 6 heteroatoms. The maximum absolute atomic E-state index is 12.1. The molecule has 0 amide bonds. The summed E-state index contributed by atoms with van der Waals surface area (Å²) in [5.74, 6) is -0.799. The zero-order valence-electron chi connectivity index (χ0n) is 18.3. The van der Waals surface area contributed by atoms with Crippen LogP contribution in [0.25, 0.3) is 0 Å². The first kappa shape index (κ1) is 27.4. The van der Waals surface area contributed by atoms with Gasteiger partial charge in [0.1, 0.15) is 0 Å². The third kappa shape index (κ3) is 16.3. The van der Waals surface area contributed by atoms with E-state index >= 15 is 0 Å². The van der Waals surface area contributed by atoms with Gasteiger partial charge < -0.3 is 4.74 Å². The Kier molecular flexibility index (Phi) is 18.0. The number of carbonyl (C=O) groups excluding carboxylic acids is 1. The summed E-state index contributed by atoms with van der Waals surface area (Å²) in [5.41, 5.74) is 0. The maximum atomic E-state index is 12.1. The number of hydrogen-bond acceptors (Lipinski definition) is 4. The van der Waals surface area contributed by atoms with Crippen molar-refractivity contribution in [2.24, 2.45) is 0 Å². The molecule has 0 aliphatic rings. The fraction of sp³-hybridized carbons (Fsp3) is 0.955. The van der Waals surface area contributed by atoms with E-state index in [-0.39, 0.29) is 13.0 Å². The first-order valence-corrected chi connectivity index (χ1v) is 13.1. The molecule has 5 nitrogen and oxygen atoms in total. The number of hydrogen-bond donors (Lipinski definition) is 1.